The molecule has 0 radical (unpaired) electrons. The van der Waals surface area contributed by atoms with Crippen LogP contribution in [0, 0.1) is 12.8 Å². The summed E-state index contributed by atoms with van der Waals surface area (Å²) < 4.78 is 0. The van der Waals surface area contributed by atoms with Crippen molar-refractivity contribution in [1.29, 1.82) is 0 Å². The van der Waals surface area contributed by atoms with Gasteiger partial charge in [0.05, 0.1) is 5.41 Å². The standard InChI is InChI=1S/C19H24N4O/c1-14-20-17(22-21-14)13-15-7-11-23(12-8-15)18(24)19(9-10-19)16-5-3-2-4-6-16/h2-6,15H,7-13H2,1H3,(H,20,21,22). The summed E-state index contributed by atoms with van der Waals surface area (Å²) in [4.78, 5) is 19.5. The van der Waals surface area contributed by atoms with Gasteiger partial charge in [0.1, 0.15) is 5.82 Å². The Balaban J connectivity index is 1.37. The van der Waals surface area contributed by atoms with Crippen molar-refractivity contribution in [3.63, 3.8) is 0 Å². The Kier molecular flexibility index (Phi) is 3.87. The number of amides is 1. The van der Waals surface area contributed by atoms with Gasteiger partial charge in [0.25, 0.3) is 0 Å². The summed E-state index contributed by atoms with van der Waals surface area (Å²) in [5, 5.41) is 7.14. The number of benzene rings is 1. The van der Waals surface area contributed by atoms with Crippen molar-refractivity contribution in [3.05, 3.63) is 47.5 Å². The molecule has 1 aromatic heterocycles. The molecule has 1 aromatic carbocycles. The second-order valence-corrected chi connectivity index (χ2v) is 7.22. The van der Waals surface area contributed by atoms with Crippen LogP contribution in [0.15, 0.2) is 30.3 Å². The maximum atomic E-state index is 13.0. The SMILES string of the molecule is Cc1nc(CC2CCN(C(=O)C3(c4ccccc4)CC3)CC2)n[nH]1. The largest absolute Gasteiger partial charge is 0.342 e. The van der Waals surface area contributed by atoms with Crippen LogP contribution in [0.4, 0.5) is 0 Å². The first kappa shape index (κ1) is 15.4. The predicted octanol–water partition coefficient (Wildman–Crippen LogP) is 2.63. The molecular formula is C19H24N4O. The third-order valence-electron chi connectivity index (χ3n) is 5.50. The van der Waals surface area contributed by atoms with Gasteiger partial charge in [-0.3, -0.25) is 9.89 Å². The number of aryl methyl sites for hydroxylation is 1. The number of likely N-dealkylation sites (tertiary alicyclic amines) is 1. The number of hydrogen-bond acceptors (Lipinski definition) is 3. The molecule has 1 aliphatic carbocycles. The minimum atomic E-state index is -0.227. The van der Waals surface area contributed by atoms with Crippen molar-refractivity contribution < 1.29 is 4.79 Å². The smallest absolute Gasteiger partial charge is 0.233 e. The molecule has 5 nitrogen and oxygen atoms in total. The lowest BCUT2D eigenvalue weighted by atomic mass is 9.90. The lowest BCUT2D eigenvalue weighted by Crippen LogP contribution is -2.44. The van der Waals surface area contributed by atoms with Crippen LogP contribution in [0.25, 0.3) is 0 Å². The quantitative estimate of drug-likeness (QED) is 0.940. The highest BCUT2D eigenvalue weighted by atomic mass is 16.2. The van der Waals surface area contributed by atoms with E-state index in [1.807, 2.05) is 25.1 Å². The van der Waals surface area contributed by atoms with Gasteiger partial charge in [-0.2, -0.15) is 5.10 Å². The molecule has 1 saturated carbocycles. The number of rotatable bonds is 4. The van der Waals surface area contributed by atoms with E-state index >= 15 is 0 Å². The fourth-order valence-corrected chi connectivity index (χ4v) is 3.89. The van der Waals surface area contributed by atoms with Crippen LogP contribution in [-0.4, -0.2) is 39.1 Å². The molecule has 0 unspecified atom stereocenters. The molecule has 126 valence electrons. The zero-order chi connectivity index (χ0) is 16.6. The third kappa shape index (κ3) is 2.83. The van der Waals surface area contributed by atoms with E-state index in [2.05, 4.69) is 32.2 Å². The topological polar surface area (TPSA) is 61.9 Å². The monoisotopic (exact) mass is 324 g/mol. The average Bonchev–Trinajstić information content (AvgIpc) is 3.33. The van der Waals surface area contributed by atoms with E-state index in [-0.39, 0.29) is 5.41 Å². The first-order valence-corrected chi connectivity index (χ1v) is 8.90. The molecule has 1 aliphatic heterocycles. The van der Waals surface area contributed by atoms with Gasteiger partial charge in [0.2, 0.25) is 5.91 Å². The van der Waals surface area contributed by atoms with Gasteiger partial charge in [-0.15, -0.1) is 0 Å². The molecule has 1 amide bonds. The fraction of sp³-hybridized carbons (Fsp3) is 0.526. The highest BCUT2D eigenvalue weighted by Gasteiger charge is 2.53. The van der Waals surface area contributed by atoms with E-state index in [4.69, 9.17) is 0 Å². The number of H-pyrrole nitrogens is 1. The van der Waals surface area contributed by atoms with Gasteiger partial charge in [-0.25, -0.2) is 4.98 Å². The van der Waals surface area contributed by atoms with Gasteiger partial charge >= 0.3 is 0 Å². The van der Waals surface area contributed by atoms with Crippen molar-refractivity contribution in [2.24, 2.45) is 5.92 Å². The second kappa shape index (κ2) is 6.04. The Hall–Kier alpha value is -2.17. The first-order valence-electron chi connectivity index (χ1n) is 8.90. The maximum absolute atomic E-state index is 13.0. The number of nitrogens with one attached hydrogen (secondary N) is 1. The van der Waals surface area contributed by atoms with E-state index in [1.165, 1.54) is 5.56 Å². The Bertz CT molecular complexity index is 712. The summed E-state index contributed by atoms with van der Waals surface area (Å²) in [5.41, 5.74) is 0.961. The van der Waals surface area contributed by atoms with Gasteiger partial charge in [-0.05, 0) is 44.1 Å². The molecule has 2 heterocycles. The summed E-state index contributed by atoms with van der Waals surface area (Å²) in [5.74, 6) is 2.69. The number of carbonyl (C=O) groups is 1. The minimum Gasteiger partial charge on any atom is -0.342 e. The average molecular weight is 324 g/mol. The molecule has 0 atom stereocenters. The zero-order valence-corrected chi connectivity index (χ0v) is 14.2. The van der Waals surface area contributed by atoms with Crippen molar-refractivity contribution in [2.45, 2.75) is 44.4 Å². The number of aromatic amines is 1. The van der Waals surface area contributed by atoms with Crippen LogP contribution in [-0.2, 0) is 16.6 Å². The molecule has 24 heavy (non-hydrogen) atoms. The Morgan fingerprint density at radius 1 is 1.25 bits per heavy atom. The fourth-order valence-electron chi connectivity index (χ4n) is 3.89. The van der Waals surface area contributed by atoms with Crippen molar-refractivity contribution in [1.82, 2.24) is 20.1 Å². The molecule has 2 fully saturated rings. The molecule has 1 saturated heterocycles. The van der Waals surface area contributed by atoms with Crippen LogP contribution < -0.4 is 0 Å². The van der Waals surface area contributed by atoms with E-state index in [0.29, 0.717) is 11.8 Å². The minimum absolute atomic E-state index is 0.227. The first-order chi connectivity index (χ1) is 11.7. The molecule has 1 N–H and O–H groups in total. The second-order valence-electron chi connectivity index (χ2n) is 7.22. The lowest BCUT2D eigenvalue weighted by molar-refractivity contribution is -0.135. The highest BCUT2D eigenvalue weighted by molar-refractivity contribution is 5.91. The van der Waals surface area contributed by atoms with E-state index < -0.39 is 0 Å². The summed E-state index contributed by atoms with van der Waals surface area (Å²) in [6.45, 7) is 3.65. The lowest BCUT2D eigenvalue weighted by Gasteiger charge is -2.34. The van der Waals surface area contributed by atoms with E-state index in [9.17, 15) is 4.79 Å². The van der Waals surface area contributed by atoms with Crippen LogP contribution in [0.5, 0.6) is 0 Å². The van der Waals surface area contributed by atoms with Crippen LogP contribution >= 0.6 is 0 Å². The van der Waals surface area contributed by atoms with Gasteiger partial charge in [-0.1, -0.05) is 30.3 Å². The summed E-state index contributed by atoms with van der Waals surface area (Å²) in [6, 6.07) is 10.3. The molecule has 2 aliphatic rings. The molecule has 4 rings (SSSR count). The van der Waals surface area contributed by atoms with Gasteiger partial charge < -0.3 is 4.90 Å². The Labute approximate surface area is 142 Å². The third-order valence-corrected chi connectivity index (χ3v) is 5.50. The summed E-state index contributed by atoms with van der Waals surface area (Å²) in [7, 11) is 0. The molecule has 0 spiro atoms. The number of nitrogens with zero attached hydrogens (tertiary/aromatic N) is 3. The predicted molar refractivity (Wildman–Crippen MR) is 91.5 cm³/mol. The van der Waals surface area contributed by atoms with Gasteiger partial charge in [0, 0.05) is 19.5 Å². The number of piperidine rings is 1. The molecule has 5 heteroatoms. The molecular weight excluding hydrogens is 300 g/mol. The zero-order valence-electron chi connectivity index (χ0n) is 14.2. The van der Waals surface area contributed by atoms with Crippen molar-refractivity contribution >= 4 is 5.91 Å². The van der Waals surface area contributed by atoms with Crippen LogP contribution in [0.1, 0.15) is 42.9 Å². The Morgan fingerprint density at radius 2 is 1.96 bits per heavy atom. The van der Waals surface area contributed by atoms with E-state index in [1.54, 1.807) is 0 Å². The Morgan fingerprint density at radius 3 is 2.54 bits per heavy atom. The van der Waals surface area contributed by atoms with Crippen LogP contribution in [0.3, 0.4) is 0 Å². The molecule has 0 bridgehead atoms. The van der Waals surface area contributed by atoms with Gasteiger partial charge in [0.15, 0.2) is 5.82 Å². The normalized spacial score (nSPS) is 20.1. The maximum Gasteiger partial charge on any atom is 0.233 e. The van der Waals surface area contributed by atoms with E-state index in [0.717, 1.165) is 56.8 Å². The van der Waals surface area contributed by atoms with Crippen molar-refractivity contribution in [3.8, 4) is 0 Å². The number of aromatic nitrogens is 3. The number of hydrogen-bond donors (Lipinski definition) is 1. The highest BCUT2D eigenvalue weighted by Crippen LogP contribution is 2.49. The number of carbonyl (C=O) groups excluding carboxylic acids is 1. The summed E-state index contributed by atoms with van der Waals surface area (Å²) in [6.07, 6.45) is 4.99. The van der Waals surface area contributed by atoms with Crippen molar-refractivity contribution in [2.75, 3.05) is 13.1 Å². The summed E-state index contributed by atoms with van der Waals surface area (Å²) >= 11 is 0. The molecule has 2 aromatic rings. The van der Waals surface area contributed by atoms with Crippen LogP contribution in [0.2, 0.25) is 0 Å².